The summed E-state index contributed by atoms with van der Waals surface area (Å²) in [5, 5.41) is 4.73. The van der Waals surface area contributed by atoms with Crippen LogP contribution in [0.4, 0.5) is 5.69 Å². The van der Waals surface area contributed by atoms with Crippen molar-refractivity contribution in [2.24, 2.45) is 0 Å². The topological polar surface area (TPSA) is 79.3 Å². The molecular weight excluding hydrogens is 416 g/mol. The molecule has 5 rings (SSSR count). The fourth-order valence-electron chi connectivity index (χ4n) is 5.22. The number of rotatable bonds is 5. The molecule has 176 valence electrons. The summed E-state index contributed by atoms with van der Waals surface area (Å²) in [6.07, 6.45) is 5.76. The van der Waals surface area contributed by atoms with E-state index in [9.17, 15) is 4.79 Å². The van der Waals surface area contributed by atoms with Gasteiger partial charge < -0.3 is 14.6 Å². The van der Waals surface area contributed by atoms with Gasteiger partial charge in [-0.1, -0.05) is 19.3 Å². The molecule has 2 aromatic heterocycles. The Hall–Kier alpha value is -2.87. The van der Waals surface area contributed by atoms with Crippen LogP contribution in [0.2, 0.25) is 0 Å². The Morgan fingerprint density at radius 3 is 2.64 bits per heavy atom. The Kier molecular flexibility index (Phi) is 5.86. The monoisotopic (exact) mass is 450 g/mol. The minimum absolute atomic E-state index is 0.139. The van der Waals surface area contributed by atoms with Crippen LogP contribution in [-0.4, -0.2) is 57.6 Å². The molecule has 1 aliphatic heterocycles. The number of hydrogen-bond donors (Lipinski definition) is 1. The molecule has 1 saturated heterocycles. The summed E-state index contributed by atoms with van der Waals surface area (Å²) in [5.41, 5.74) is 3.82. The summed E-state index contributed by atoms with van der Waals surface area (Å²) in [7, 11) is 1.66. The van der Waals surface area contributed by atoms with Gasteiger partial charge in [0.2, 0.25) is 0 Å². The molecule has 8 nitrogen and oxygen atoms in total. The van der Waals surface area contributed by atoms with Gasteiger partial charge in [-0.05, 0) is 45.7 Å². The van der Waals surface area contributed by atoms with Crippen molar-refractivity contribution in [1.82, 2.24) is 24.6 Å². The number of benzene rings is 1. The average molecular weight is 451 g/mol. The predicted octanol–water partition coefficient (Wildman–Crippen LogP) is 4.10. The lowest BCUT2D eigenvalue weighted by Gasteiger charge is -2.23. The second-order valence-electron chi connectivity index (χ2n) is 9.63. The Morgan fingerprint density at radius 2 is 1.94 bits per heavy atom. The number of nitrogens with one attached hydrogen (secondary N) is 1. The molecule has 0 atom stereocenters. The number of fused-ring (bicyclic) bond motifs is 1. The third kappa shape index (κ3) is 4.01. The summed E-state index contributed by atoms with van der Waals surface area (Å²) in [6, 6.07) is 6.93. The first kappa shape index (κ1) is 21.9. The van der Waals surface area contributed by atoms with Crippen molar-refractivity contribution in [1.29, 1.82) is 0 Å². The minimum atomic E-state index is -0.139. The Bertz CT molecular complexity index is 1210. The first-order valence-electron chi connectivity index (χ1n) is 12.1. The molecule has 1 aliphatic carbocycles. The summed E-state index contributed by atoms with van der Waals surface area (Å²) in [4.78, 5) is 25.9. The SMILES string of the molecule is COc1cc(N2CCN(C(C)C)C2)ccc1-c1nc2c(C)nn(C3CCCCC3)c2c(=O)[nH]1. The molecular formula is C25H34N6O2. The molecule has 1 aromatic carbocycles. The highest BCUT2D eigenvalue weighted by Gasteiger charge is 2.25. The summed E-state index contributed by atoms with van der Waals surface area (Å²) in [6.45, 7) is 9.33. The lowest BCUT2D eigenvalue weighted by Crippen LogP contribution is -2.30. The van der Waals surface area contributed by atoms with Gasteiger partial charge in [0, 0.05) is 30.9 Å². The van der Waals surface area contributed by atoms with Crippen molar-refractivity contribution >= 4 is 16.7 Å². The molecule has 0 amide bonds. The van der Waals surface area contributed by atoms with Crippen LogP contribution >= 0.6 is 0 Å². The first-order valence-corrected chi connectivity index (χ1v) is 12.1. The van der Waals surface area contributed by atoms with E-state index in [-0.39, 0.29) is 11.6 Å². The smallest absolute Gasteiger partial charge is 0.277 e. The van der Waals surface area contributed by atoms with E-state index in [2.05, 4.69) is 34.7 Å². The van der Waals surface area contributed by atoms with Crippen LogP contribution in [0.5, 0.6) is 5.75 Å². The van der Waals surface area contributed by atoms with E-state index in [4.69, 9.17) is 14.8 Å². The molecule has 3 aromatic rings. The number of hydrogen-bond acceptors (Lipinski definition) is 6. The third-order valence-corrected chi connectivity index (χ3v) is 7.19. The van der Waals surface area contributed by atoms with Gasteiger partial charge in [0.25, 0.3) is 5.56 Å². The number of aryl methyl sites for hydroxylation is 1. The van der Waals surface area contributed by atoms with Crippen molar-refractivity contribution in [3.8, 4) is 17.1 Å². The van der Waals surface area contributed by atoms with Crippen molar-refractivity contribution in [2.75, 3.05) is 31.8 Å². The van der Waals surface area contributed by atoms with Crippen molar-refractivity contribution < 1.29 is 4.74 Å². The van der Waals surface area contributed by atoms with Gasteiger partial charge in [0.1, 0.15) is 17.1 Å². The van der Waals surface area contributed by atoms with E-state index >= 15 is 0 Å². The van der Waals surface area contributed by atoms with E-state index in [1.165, 1.54) is 19.3 Å². The number of ether oxygens (including phenoxy) is 1. The van der Waals surface area contributed by atoms with Crippen LogP contribution in [-0.2, 0) is 0 Å². The van der Waals surface area contributed by atoms with E-state index in [0.29, 0.717) is 28.6 Å². The van der Waals surface area contributed by atoms with Crippen molar-refractivity contribution in [3.05, 3.63) is 34.2 Å². The summed E-state index contributed by atoms with van der Waals surface area (Å²) < 4.78 is 7.66. The van der Waals surface area contributed by atoms with Gasteiger partial charge in [0.15, 0.2) is 5.52 Å². The number of anilines is 1. The highest BCUT2D eigenvalue weighted by Crippen LogP contribution is 2.34. The molecule has 0 spiro atoms. The van der Waals surface area contributed by atoms with E-state index in [1.54, 1.807) is 7.11 Å². The second-order valence-corrected chi connectivity index (χ2v) is 9.63. The van der Waals surface area contributed by atoms with Crippen molar-refractivity contribution in [3.63, 3.8) is 0 Å². The number of aromatic amines is 1. The van der Waals surface area contributed by atoms with E-state index in [0.717, 1.165) is 49.5 Å². The number of H-pyrrole nitrogens is 1. The zero-order valence-corrected chi connectivity index (χ0v) is 20.1. The van der Waals surface area contributed by atoms with Gasteiger partial charge >= 0.3 is 0 Å². The third-order valence-electron chi connectivity index (χ3n) is 7.19. The van der Waals surface area contributed by atoms with Crippen LogP contribution in [0.1, 0.15) is 57.7 Å². The zero-order chi connectivity index (χ0) is 23.1. The number of nitrogens with zero attached hydrogens (tertiary/aromatic N) is 5. The Balaban J connectivity index is 1.51. The molecule has 0 radical (unpaired) electrons. The quantitative estimate of drug-likeness (QED) is 0.631. The second kappa shape index (κ2) is 8.82. The highest BCUT2D eigenvalue weighted by atomic mass is 16.5. The van der Waals surface area contributed by atoms with Crippen LogP contribution in [0.15, 0.2) is 23.0 Å². The zero-order valence-electron chi connectivity index (χ0n) is 20.1. The summed E-state index contributed by atoms with van der Waals surface area (Å²) >= 11 is 0. The lowest BCUT2D eigenvalue weighted by molar-refractivity contribution is 0.278. The van der Waals surface area contributed by atoms with Crippen molar-refractivity contribution in [2.45, 2.75) is 65.0 Å². The molecule has 1 saturated carbocycles. The minimum Gasteiger partial charge on any atom is -0.496 e. The molecule has 2 aliphatic rings. The van der Waals surface area contributed by atoms with Crippen LogP contribution in [0.3, 0.4) is 0 Å². The summed E-state index contributed by atoms with van der Waals surface area (Å²) in [5.74, 6) is 1.22. The van der Waals surface area contributed by atoms with Gasteiger partial charge in [0.05, 0.1) is 31.1 Å². The highest BCUT2D eigenvalue weighted by molar-refractivity contribution is 5.80. The van der Waals surface area contributed by atoms with Gasteiger partial charge in [-0.25, -0.2) is 4.98 Å². The standard InChI is InChI=1S/C25H34N6O2/c1-16(2)29-12-13-30(15-29)19-10-11-20(21(14-19)33-4)24-26-22-17(3)28-31(23(22)25(32)27-24)18-8-6-5-7-9-18/h10-11,14,16,18H,5-9,12-13,15H2,1-4H3,(H,26,27,32). The largest absolute Gasteiger partial charge is 0.496 e. The fraction of sp³-hybridized carbons (Fsp3) is 0.560. The molecule has 3 heterocycles. The molecule has 0 unspecified atom stereocenters. The van der Waals surface area contributed by atoms with E-state index < -0.39 is 0 Å². The lowest BCUT2D eigenvalue weighted by atomic mass is 9.95. The maximum Gasteiger partial charge on any atom is 0.277 e. The predicted molar refractivity (Wildman–Crippen MR) is 131 cm³/mol. The van der Waals surface area contributed by atoms with Crippen LogP contribution < -0.4 is 15.2 Å². The Labute approximate surface area is 194 Å². The normalized spacial score (nSPS) is 18.0. The van der Waals surface area contributed by atoms with Gasteiger partial charge in [-0.3, -0.25) is 14.4 Å². The maximum atomic E-state index is 13.2. The van der Waals surface area contributed by atoms with E-state index in [1.807, 2.05) is 23.7 Å². The molecule has 0 bridgehead atoms. The number of methoxy groups -OCH3 is 1. The number of aromatic nitrogens is 4. The molecule has 8 heteroatoms. The Morgan fingerprint density at radius 1 is 1.15 bits per heavy atom. The maximum absolute atomic E-state index is 13.2. The van der Waals surface area contributed by atoms with Gasteiger partial charge in [-0.15, -0.1) is 0 Å². The molecule has 33 heavy (non-hydrogen) atoms. The first-order chi connectivity index (χ1) is 16.0. The molecule has 2 fully saturated rings. The fourth-order valence-corrected chi connectivity index (χ4v) is 5.22. The average Bonchev–Trinajstić information content (AvgIpc) is 3.45. The van der Waals surface area contributed by atoms with Crippen LogP contribution in [0, 0.1) is 6.92 Å². The molecule has 1 N–H and O–H groups in total. The van der Waals surface area contributed by atoms with Gasteiger partial charge in [-0.2, -0.15) is 5.10 Å². The van der Waals surface area contributed by atoms with Crippen LogP contribution in [0.25, 0.3) is 22.4 Å².